The van der Waals surface area contributed by atoms with Gasteiger partial charge in [0.2, 0.25) is 0 Å². The number of carbonyl (C=O) groups excluding carboxylic acids is 3. The molecular weight excluding hydrogens is 382 g/mol. The molecule has 1 fully saturated rings. The molecule has 1 aliphatic carbocycles. The summed E-state index contributed by atoms with van der Waals surface area (Å²) in [6, 6.07) is 5.44. The zero-order valence-electron chi connectivity index (χ0n) is 16.1. The molecule has 2 rings (SSSR count). The topological polar surface area (TPSA) is 111 Å². The SMILES string of the molecule is C[C@H](OC(=O)C[C@H](NC(N)=O)c1ccccc1Cl)C(=O)NC1CCCCCC1. The van der Waals surface area contributed by atoms with Gasteiger partial charge in [0, 0.05) is 11.1 Å². The molecule has 1 aromatic rings. The van der Waals surface area contributed by atoms with Crippen LogP contribution in [0.25, 0.3) is 0 Å². The molecule has 1 saturated carbocycles. The first-order valence-electron chi connectivity index (χ1n) is 9.67. The summed E-state index contributed by atoms with van der Waals surface area (Å²) in [7, 11) is 0. The number of hydrogen-bond acceptors (Lipinski definition) is 4. The van der Waals surface area contributed by atoms with Crippen molar-refractivity contribution in [3.63, 3.8) is 0 Å². The molecule has 0 spiro atoms. The summed E-state index contributed by atoms with van der Waals surface area (Å²) in [5.74, 6) is -0.931. The lowest BCUT2D eigenvalue weighted by Crippen LogP contribution is -2.42. The van der Waals surface area contributed by atoms with Crippen LogP contribution in [0.5, 0.6) is 0 Å². The third-order valence-electron chi connectivity index (χ3n) is 4.85. The second-order valence-corrected chi connectivity index (χ2v) is 7.52. The summed E-state index contributed by atoms with van der Waals surface area (Å²) in [5.41, 5.74) is 5.76. The number of ether oxygens (including phenoxy) is 1. The smallest absolute Gasteiger partial charge is 0.312 e. The molecule has 1 aromatic carbocycles. The Bertz CT molecular complexity index is 690. The van der Waals surface area contributed by atoms with Crippen LogP contribution in [-0.2, 0) is 14.3 Å². The number of hydrogen-bond donors (Lipinski definition) is 3. The molecule has 7 nitrogen and oxygen atoms in total. The number of benzene rings is 1. The maximum Gasteiger partial charge on any atom is 0.312 e. The molecule has 0 unspecified atom stereocenters. The maximum atomic E-state index is 12.3. The van der Waals surface area contributed by atoms with Crippen LogP contribution in [0.15, 0.2) is 24.3 Å². The van der Waals surface area contributed by atoms with Crippen LogP contribution < -0.4 is 16.4 Å². The molecule has 0 aromatic heterocycles. The number of esters is 1. The molecule has 28 heavy (non-hydrogen) atoms. The van der Waals surface area contributed by atoms with E-state index in [4.69, 9.17) is 22.1 Å². The number of carbonyl (C=O) groups is 3. The average molecular weight is 410 g/mol. The van der Waals surface area contributed by atoms with E-state index in [0.29, 0.717) is 10.6 Å². The van der Waals surface area contributed by atoms with Crippen LogP contribution in [0.1, 0.15) is 63.5 Å². The van der Waals surface area contributed by atoms with E-state index in [1.807, 2.05) is 0 Å². The number of primary amides is 1. The predicted molar refractivity (Wildman–Crippen MR) is 107 cm³/mol. The molecular formula is C20H28ClN3O4. The maximum absolute atomic E-state index is 12.3. The molecule has 8 heteroatoms. The second kappa shape index (κ2) is 10.9. The van der Waals surface area contributed by atoms with Crippen molar-refractivity contribution in [2.75, 3.05) is 0 Å². The standard InChI is InChI=1S/C20H28ClN3O4/c1-13(19(26)23-14-8-4-2-3-5-9-14)28-18(25)12-17(24-20(22)27)15-10-6-7-11-16(15)21/h6-7,10-11,13-14,17H,2-5,8-9,12H2,1H3,(H,23,26)(H3,22,24,27)/t13-,17-/m0/s1. The van der Waals surface area contributed by atoms with Gasteiger partial charge in [0.25, 0.3) is 5.91 Å². The van der Waals surface area contributed by atoms with E-state index in [0.717, 1.165) is 25.7 Å². The van der Waals surface area contributed by atoms with Gasteiger partial charge in [-0.2, -0.15) is 0 Å². The molecule has 0 aliphatic heterocycles. The largest absolute Gasteiger partial charge is 0.452 e. The van der Waals surface area contributed by atoms with E-state index in [-0.39, 0.29) is 18.4 Å². The van der Waals surface area contributed by atoms with E-state index in [2.05, 4.69) is 10.6 Å². The van der Waals surface area contributed by atoms with Crippen molar-refractivity contribution in [3.8, 4) is 0 Å². The van der Waals surface area contributed by atoms with Crippen molar-refractivity contribution in [1.82, 2.24) is 10.6 Å². The lowest BCUT2D eigenvalue weighted by molar-refractivity contribution is -0.155. The Morgan fingerprint density at radius 3 is 2.43 bits per heavy atom. The van der Waals surface area contributed by atoms with Crippen LogP contribution in [0.4, 0.5) is 4.79 Å². The number of amides is 3. The fraction of sp³-hybridized carbons (Fsp3) is 0.550. The molecule has 2 atom stereocenters. The number of nitrogens with one attached hydrogen (secondary N) is 2. The Morgan fingerprint density at radius 1 is 1.18 bits per heavy atom. The van der Waals surface area contributed by atoms with Gasteiger partial charge in [-0.25, -0.2) is 4.79 Å². The Hall–Kier alpha value is -2.28. The lowest BCUT2D eigenvalue weighted by atomic mass is 10.0. The van der Waals surface area contributed by atoms with Crippen LogP contribution in [-0.4, -0.2) is 30.1 Å². The van der Waals surface area contributed by atoms with Gasteiger partial charge in [0.1, 0.15) is 0 Å². The number of nitrogens with two attached hydrogens (primary N) is 1. The van der Waals surface area contributed by atoms with Crippen molar-refractivity contribution >= 4 is 29.5 Å². The molecule has 4 N–H and O–H groups in total. The zero-order valence-corrected chi connectivity index (χ0v) is 16.8. The van der Waals surface area contributed by atoms with Crippen LogP contribution in [0.2, 0.25) is 5.02 Å². The first kappa shape index (κ1) is 22.0. The van der Waals surface area contributed by atoms with E-state index in [1.165, 1.54) is 19.8 Å². The summed E-state index contributed by atoms with van der Waals surface area (Å²) in [6.45, 7) is 1.54. The van der Waals surface area contributed by atoms with Gasteiger partial charge in [-0.15, -0.1) is 0 Å². The minimum absolute atomic E-state index is 0.128. The first-order valence-corrected chi connectivity index (χ1v) is 10.0. The van der Waals surface area contributed by atoms with Crippen LogP contribution >= 0.6 is 11.6 Å². The van der Waals surface area contributed by atoms with Crippen molar-refractivity contribution in [1.29, 1.82) is 0 Å². The predicted octanol–water partition coefficient (Wildman–Crippen LogP) is 3.21. The number of halogens is 1. The van der Waals surface area contributed by atoms with Gasteiger partial charge in [0.15, 0.2) is 6.10 Å². The van der Waals surface area contributed by atoms with Gasteiger partial charge in [-0.3, -0.25) is 9.59 Å². The third kappa shape index (κ3) is 7.03. The highest BCUT2D eigenvalue weighted by atomic mass is 35.5. The van der Waals surface area contributed by atoms with Gasteiger partial charge in [-0.1, -0.05) is 55.5 Å². The Morgan fingerprint density at radius 2 is 1.82 bits per heavy atom. The first-order chi connectivity index (χ1) is 13.4. The fourth-order valence-corrected chi connectivity index (χ4v) is 3.64. The average Bonchev–Trinajstić information content (AvgIpc) is 2.89. The van der Waals surface area contributed by atoms with Crippen molar-refractivity contribution < 1.29 is 19.1 Å². The highest BCUT2D eigenvalue weighted by molar-refractivity contribution is 6.31. The van der Waals surface area contributed by atoms with Crippen molar-refractivity contribution in [2.24, 2.45) is 5.73 Å². The van der Waals surface area contributed by atoms with Gasteiger partial charge in [-0.05, 0) is 31.4 Å². The van der Waals surface area contributed by atoms with E-state index in [9.17, 15) is 14.4 Å². The minimum Gasteiger partial charge on any atom is -0.452 e. The Kier molecular flexibility index (Phi) is 8.57. The van der Waals surface area contributed by atoms with Gasteiger partial charge < -0.3 is 21.1 Å². The molecule has 154 valence electrons. The van der Waals surface area contributed by atoms with Crippen LogP contribution in [0.3, 0.4) is 0 Å². The molecule has 0 saturated heterocycles. The number of urea groups is 1. The second-order valence-electron chi connectivity index (χ2n) is 7.12. The summed E-state index contributed by atoms with van der Waals surface area (Å²) in [6.07, 6.45) is 5.35. The highest BCUT2D eigenvalue weighted by Crippen LogP contribution is 2.25. The third-order valence-corrected chi connectivity index (χ3v) is 5.19. The minimum atomic E-state index is -0.920. The lowest BCUT2D eigenvalue weighted by Gasteiger charge is -2.22. The van der Waals surface area contributed by atoms with E-state index >= 15 is 0 Å². The molecule has 0 heterocycles. The highest BCUT2D eigenvalue weighted by Gasteiger charge is 2.25. The quantitative estimate of drug-likeness (QED) is 0.474. The monoisotopic (exact) mass is 409 g/mol. The summed E-state index contributed by atoms with van der Waals surface area (Å²) in [5, 5.41) is 5.86. The van der Waals surface area contributed by atoms with Crippen molar-refractivity contribution in [2.45, 2.75) is 70.1 Å². The zero-order chi connectivity index (χ0) is 20.5. The molecule has 0 bridgehead atoms. The normalized spacial score (nSPS) is 17.1. The van der Waals surface area contributed by atoms with Gasteiger partial charge >= 0.3 is 12.0 Å². The fourth-order valence-electron chi connectivity index (χ4n) is 3.38. The van der Waals surface area contributed by atoms with Gasteiger partial charge in [0.05, 0.1) is 12.5 Å². The van der Waals surface area contributed by atoms with Crippen molar-refractivity contribution in [3.05, 3.63) is 34.9 Å². The van der Waals surface area contributed by atoms with E-state index < -0.39 is 24.1 Å². The molecule has 0 radical (unpaired) electrons. The van der Waals surface area contributed by atoms with E-state index in [1.54, 1.807) is 24.3 Å². The number of rotatable bonds is 7. The van der Waals surface area contributed by atoms with Crippen LogP contribution in [0, 0.1) is 0 Å². The molecule has 1 aliphatic rings. The Balaban J connectivity index is 1.92. The molecule has 3 amide bonds. The summed E-state index contributed by atoms with van der Waals surface area (Å²) in [4.78, 5) is 36.0. The summed E-state index contributed by atoms with van der Waals surface area (Å²) >= 11 is 6.16. The summed E-state index contributed by atoms with van der Waals surface area (Å²) < 4.78 is 5.27. The Labute approximate surface area is 170 Å².